The van der Waals surface area contributed by atoms with Crippen molar-refractivity contribution in [1.82, 2.24) is 9.97 Å². The smallest absolute Gasteiger partial charge is 0.236 e. The molecule has 20 heavy (non-hydrogen) atoms. The maximum atomic E-state index is 11.2. The fourth-order valence-corrected chi connectivity index (χ4v) is 2.22. The van der Waals surface area contributed by atoms with E-state index in [1.54, 1.807) is 0 Å². The highest BCUT2D eigenvalue weighted by Gasteiger charge is 2.29. The zero-order chi connectivity index (χ0) is 14.7. The van der Waals surface area contributed by atoms with Gasteiger partial charge in [-0.25, -0.2) is 9.97 Å². The molecule has 1 aromatic heterocycles. The fourth-order valence-electron chi connectivity index (χ4n) is 2.22. The average molecular weight is 277 g/mol. The van der Waals surface area contributed by atoms with E-state index >= 15 is 0 Å². The molecule has 3 N–H and O–H groups in total. The van der Waals surface area contributed by atoms with E-state index < -0.39 is 0 Å². The second-order valence-corrected chi connectivity index (χ2v) is 5.16. The molecule has 1 fully saturated rings. The van der Waals surface area contributed by atoms with Crippen molar-refractivity contribution in [3.63, 3.8) is 0 Å². The van der Waals surface area contributed by atoms with Crippen molar-refractivity contribution in [3.8, 4) is 0 Å². The van der Waals surface area contributed by atoms with E-state index in [2.05, 4.69) is 15.3 Å². The van der Waals surface area contributed by atoms with Crippen LogP contribution in [0.25, 0.3) is 0 Å². The molecule has 0 unspecified atom stereocenters. The number of hydrogen-bond acceptors (Lipinski definition) is 5. The van der Waals surface area contributed by atoms with Crippen LogP contribution < -0.4 is 16.0 Å². The SMILES string of the molecule is CCNc1nc(C2CC2)nc(N(CC)CC(N)=O)c1C. The van der Waals surface area contributed by atoms with Crippen molar-refractivity contribution >= 4 is 17.5 Å². The van der Waals surface area contributed by atoms with E-state index in [1.165, 1.54) is 0 Å². The number of carbonyl (C=O) groups excluding carboxylic acids is 1. The van der Waals surface area contributed by atoms with Crippen LogP contribution in [0.5, 0.6) is 0 Å². The van der Waals surface area contributed by atoms with E-state index in [0.717, 1.165) is 42.4 Å². The van der Waals surface area contributed by atoms with Crippen molar-refractivity contribution in [2.75, 3.05) is 29.9 Å². The van der Waals surface area contributed by atoms with Crippen LogP contribution in [0.15, 0.2) is 0 Å². The van der Waals surface area contributed by atoms with Crippen LogP contribution >= 0.6 is 0 Å². The van der Waals surface area contributed by atoms with Gasteiger partial charge in [0.2, 0.25) is 5.91 Å². The van der Waals surface area contributed by atoms with Crippen LogP contribution in [-0.2, 0) is 4.79 Å². The number of nitrogens with zero attached hydrogens (tertiary/aromatic N) is 3. The Morgan fingerprint density at radius 2 is 2.10 bits per heavy atom. The van der Waals surface area contributed by atoms with Gasteiger partial charge >= 0.3 is 0 Å². The Morgan fingerprint density at radius 3 is 2.60 bits per heavy atom. The zero-order valence-corrected chi connectivity index (χ0v) is 12.4. The normalized spacial score (nSPS) is 14.2. The minimum Gasteiger partial charge on any atom is -0.370 e. The second kappa shape index (κ2) is 6.07. The lowest BCUT2D eigenvalue weighted by Crippen LogP contribution is -2.35. The summed E-state index contributed by atoms with van der Waals surface area (Å²) in [7, 11) is 0. The van der Waals surface area contributed by atoms with Crippen molar-refractivity contribution < 1.29 is 4.79 Å². The third kappa shape index (κ3) is 3.18. The number of amides is 1. The molecule has 0 spiro atoms. The van der Waals surface area contributed by atoms with Gasteiger partial charge in [0.25, 0.3) is 0 Å². The van der Waals surface area contributed by atoms with E-state index in [-0.39, 0.29) is 12.5 Å². The summed E-state index contributed by atoms with van der Waals surface area (Å²) in [4.78, 5) is 22.4. The van der Waals surface area contributed by atoms with Gasteiger partial charge in [0.1, 0.15) is 17.5 Å². The average Bonchev–Trinajstić information content (AvgIpc) is 3.23. The highest BCUT2D eigenvalue weighted by atomic mass is 16.1. The van der Waals surface area contributed by atoms with Crippen LogP contribution in [0, 0.1) is 6.92 Å². The number of carbonyl (C=O) groups is 1. The van der Waals surface area contributed by atoms with E-state index in [4.69, 9.17) is 5.73 Å². The first-order valence-electron chi connectivity index (χ1n) is 7.22. The van der Waals surface area contributed by atoms with Crippen LogP contribution in [-0.4, -0.2) is 35.5 Å². The number of nitrogens with two attached hydrogens (primary N) is 1. The summed E-state index contributed by atoms with van der Waals surface area (Å²) < 4.78 is 0. The molecule has 2 rings (SSSR count). The van der Waals surface area contributed by atoms with Crippen LogP contribution in [0.4, 0.5) is 11.6 Å². The van der Waals surface area contributed by atoms with Gasteiger partial charge < -0.3 is 16.0 Å². The third-order valence-electron chi connectivity index (χ3n) is 3.45. The fraction of sp³-hybridized carbons (Fsp3) is 0.643. The van der Waals surface area contributed by atoms with Crippen LogP contribution in [0.2, 0.25) is 0 Å². The van der Waals surface area contributed by atoms with Gasteiger partial charge in [-0.2, -0.15) is 0 Å². The summed E-state index contributed by atoms with van der Waals surface area (Å²) in [6.07, 6.45) is 2.30. The lowest BCUT2D eigenvalue weighted by molar-refractivity contribution is -0.116. The Bertz CT molecular complexity index is 499. The Hall–Kier alpha value is -1.85. The van der Waals surface area contributed by atoms with Crippen molar-refractivity contribution in [2.24, 2.45) is 5.73 Å². The van der Waals surface area contributed by atoms with Crippen LogP contribution in [0.1, 0.15) is 44.0 Å². The first-order valence-corrected chi connectivity index (χ1v) is 7.22. The molecule has 0 saturated heterocycles. The predicted octanol–water partition coefficient (Wildman–Crippen LogP) is 1.41. The number of rotatable bonds is 7. The van der Waals surface area contributed by atoms with E-state index in [9.17, 15) is 4.79 Å². The molecule has 0 bridgehead atoms. The monoisotopic (exact) mass is 277 g/mol. The third-order valence-corrected chi connectivity index (χ3v) is 3.45. The second-order valence-electron chi connectivity index (χ2n) is 5.16. The van der Waals surface area contributed by atoms with Gasteiger partial charge in [0.15, 0.2) is 0 Å². The molecule has 6 heteroatoms. The molecular formula is C14H23N5O. The maximum Gasteiger partial charge on any atom is 0.236 e. The highest BCUT2D eigenvalue weighted by molar-refractivity contribution is 5.79. The van der Waals surface area contributed by atoms with E-state index in [0.29, 0.717) is 12.5 Å². The highest BCUT2D eigenvalue weighted by Crippen LogP contribution is 2.40. The summed E-state index contributed by atoms with van der Waals surface area (Å²) in [5, 5.41) is 3.28. The first kappa shape index (κ1) is 14.6. The predicted molar refractivity (Wildman–Crippen MR) is 80.0 cm³/mol. The summed E-state index contributed by atoms with van der Waals surface area (Å²) >= 11 is 0. The molecule has 1 aliphatic rings. The zero-order valence-electron chi connectivity index (χ0n) is 12.4. The summed E-state index contributed by atoms with van der Waals surface area (Å²) in [5.74, 6) is 2.69. The molecule has 1 aliphatic carbocycles. The molecule has 1 aromatic rings. The maximum absolute atomic E-state index is 11.2. The summed E-state index contributed by atoms with van der Waals surface area (Å²) in [6.45, 7) is 7.70. The quantitative estimate of drug-likeness (QED) is 0.787. The topological polar surface area (TPSA) is 84.1 Å². The van der Waals surface area contributed by atoms with Gasteiger partial charge in [0, 0.05) is 24.6 Å². The largest absolute Gasteiger partial charge is 0.370 e. The molecule has 0 aliphatic heterocycles. The molecule has 1 saturated carbocycles. The van der Waals surface area contributed by atoms with Crippen molar-refractivity contribution in [3.05, 3.63) is 11.4 Å². The Morgan fingerprint density at radius 1 is 1.40 bits per heavy atom. The Kier molecular flexibility index (Phi) is 4.42. The number of aromatic nitrogens is 2. The Labute approximate surface area is 119 Å². The lowest BCUT2D eigenvalue weighted by Gasteiger charge is -2.24. The summed E-state index contributed by atoms with van der Waals surface area (Å²) in [5.41, 5.74) is 6.30. The number of nitrogens with one attached hydrogen (secondary N) is 1. The Balaban J connectivity index is 2.40. The van der Waals surface area contributed by atoms with Gasteiger partial charge in [0.05, 0.1) is 6.54 Å². The molecule has 1 heterocycles. The number of likely N-dealkylation sites (N-methyl/N-ethyl adjacent to an activating group) is 1. The molecule has 0 atom stereocenters. The molecule has 0 aromatic carbocycles. The van der Waals surface area contributed by atoms with Crippen molar-refractivity contribution in [1.29, 1.82) is 0 Å². The van der Waals surface area contributed by atoms with Gasteiger partial charge in [-0.1, -0.05) is 0 Å². The number of hydrogen-bond donors (Lipinski definition) is 2. The molecule has 110 valence electrons. The molecular weight excluding hydrogens is 254 g/mol. The van der Waals surface area contributed by atoms with E-state index in [1.807, 2.05) is 25.7 Å². The first-order chi connectivity index (χ1) is 9.56. The molecule has 1 amide bonds. The number of primary amides is 1. The number of anilines is 2. The standard InChI is InChI=1S/C14H23N5O/c1-4-16-12-9(3)14(19(5-2)8-11(15)20)18-13(17-12)10-6-7-10/h10H,4-8H2,1-3H3,(H2,15,20)(H,16,17,18). The van der Waals surface area contributed by atoms with Crippen molar-refractivity contribution in [2.45, 2.75) is 39.5 Å². The minimum atomic E-state index is -0.345. The summed E-state index contributed by atoms with van der Waals surface area (Å²) in [6, 6.07) is 0. The van der Waals surface area contributed by atoms with Gasteiger partial charge in [-0.3, -0.25) is 4.79 Å². The molecule has 0 radical (unpaired) electrons. The van der Waals surface area contributed by atoms with Gasteiger partial charge in [-0.05, 0) is 33.6 Å². The van der Waals surface area contributed by atoms with Gasteiger partial charge in [-0.15, -0.1) is 0 Å². The minimum absolute atomic E-state index is 0.185. The molecule has 6 nitrogen and oxygen atoms in total. The lowest BCUT2D eigenvalue weighted by atomic mass is 10.2. The van der Waals surface area contributed by atoms with Crippen LogP contribution in [0.3, 0.4) is 0 Å².